The van der Waals surface area contributed by atoms with E-state index in [0.29, 0.717) is 0 Å². The Bertz CT molecular complexity index is 360. The van der Waals surface area contributed by atoms with Crippen LogP contribution < -0.4 is 0 Å². The van der Waals surface area contributed by atoms with E-state index in [1.54, 1.807) is 11.3 Å². The third kappa shape index (κ3) is 0.647. The fourth-order valence-corrected chi connectivity index (χ4v) is 1.67. The Labute approximate surface area is 62.7 Å². The molecule has 1 radical (unpaired) electrons. The highest BCUT2D eigenvalue weighted by molar-refractivity contribution is 7.19. The normalized spacial score (nSPS) is 9.90. The van der Waals surface area contributed by atoms with Gasteiger partial charge >= 0.3 is 0 Å². The van der Waals surface area contributed by atoms with Crippen molar-refractivity contribution in [2.45, 2.75) is 0 Å². The monoisotopic (exact) mass is 146 g/mol. The van der Waals surface area contributed by atoms with Crippen LogP contribution in [0.15, 0.2) is 12.1 Å². The number of hydrogen-bond donors (Lipinski definition) is 1. The smallest absolute Gasteiger partial charge is 0.101 e. The number of rotatable bonds is 0. The molecule has 0 aliphatic carbocycles. The minimum absolute atomic E-state index is 0.968. The molecule has 0 aliphatic rings. The second kappa shape index (κ2) is 1.89. The average Bonchev–Trinajstić information content (AvgIpc) is 2.42. The van der Waals surface area contributed by atoms with E-state index in [4.69, 9.17) is 6.42 Å². The number of thiophene rings is 1. The average molecular weight is 146 g/mol. The Kier molecular flexibility index (Phi) is 1.06. The first-order chi connectivity index (χ1) is 4.90. The minimum Gasteiger partial charge on any atom is -0.345 e. The van der Waals surface area contributed by atoms with Gasteiger partial charge in [0.1, 0.15) is 4.83 Å². The molecule has 10 heavy (non-hydrogen) atoms. The summed E-state index contributed by atoms with van der Waals surface area (Å²) in [4.78, 5) is 5.04. The molecule has 2 aromatic rings. The molecule has 0 spiro atoms. The number of aromatic amines is 1. The molecule has 0 fully saturated rings. The van der Waals surface area contributed by atoms with Crippen molar-refractivity contribution in [1.29, 1.82) is 0 Å². The summed E-state index contributed by atoms with van der Waals surface area (Å²) in [5.41, 5.74) is 0. The predicted molar refractivity (Wildman–Crippen MR) is 42.9 cm³/mol. The van der Waals surface area contributed by atoms with Crippen molar-refractivity contribution in [3.63, 3.8) is 0 Å². The molecule has 1 N–H and O–H groups in total. The molecule has 0 bridgehead atoms. The third-order valence-electron chi connectivity index (χ3n) is 1.32. The molecular formula is C8H4NS. The highest BCUT2D eigenvalue weighted by Gasteiger charge is 1.97. The maximum atomic E-state index is 5.21. The zero-order chi connectivity index (χ0) is 6.97. The maximum absolute atomic E-state index is 5.21. The molecule has 0 saturated heterocycles. The van der Waals surface area contributed by atoms with Gasteiger partial charge in [-0.25, -0.2) is 0 Å². The fraction of sp³-hybridized carbons (Fsp3) is 0. The summed E-state index contributed by atoms with van der Waals surface area (Å²) in [6, 6.07) is 3.87. The first-order valence-electron chi connectivity index (χ1n) is 2.85. The Morgan fingerprint density at radius 1 is 1.70 bits per heavy atom. The Morgan fingerprint density at radius 3 is 3.30 bits per heavy atom. The molecule has 2 aromatic heterocycles. The van der Waals surface area contributed by atoms with E-state index >= 15 is 0 Å². The Hall–Kier alpha value is -1.20. The molecule has 0 amide bonds. The summed E-state index contributed by atoms with van der Waals surface area (Å²) in [5.74, 6) is 2.59. The van der Waals surface area contributed by atoms with Crippen molar-refractivity contribution >= 4 is 21.6 Å². The summed E-state index contributed by atoms with van der Waals surface area (Å²) in [6.07, 6.45) is 8.09. The van der Waals surface area contributed by atoms with Crippen LogP contribution in [0.3, 0.4) is 0 Å². The van der Waals surface area contributed by atoms with Crippen LogP contribution in [0.5, 0.6) is 0 Å². The second-order valence-electron chi connectivity index (χ2n) is 1.95. The van der Waals surface area contributed by atoms with Crippen molar-refractivity contribution in [2.75, 3.05) is 0 Å². The van der Waals surface area contributed by atoms with E-state index in [-0.39, 0.29) is 0 Å². The van der Waals surface area contributed by atoms with Crippen LogP contribution in [0.2, 0.25) is 0 Å². The first kappa shape index (κ1) is 5.57. The topological polar surface area (TPSA) is 15.8 Å². The van der Waals surface area contributed by atoms with Crippen molar-refractivity contribution in [3.05, 3.63) is 23.2 Å². The summed E-state index contributed by atoms with van der Waals surface area (Å²) >= 11 is 1.58. The number of terminal acetylenes is 1. The van der Waals surface area contributed by atoms with Gasteiger partial charge in [-0.15, -0.1) is 17.8 Å². The molecule has 0 aliphatic heterocycles. The van der Waals surface area contributed by atoms with E-state index in [1.165, 1.54) is 0 Å². The van der Waals surface area contributed by atoms with E-state index in [0.717, 1.165) is 15.1 Å². The van der Waals surface area contributed by atoms with Gasteiger partial charge in [-0.05, 0) is 12.1 Å². The van der Waals surface area contributed by atoms with Gasteiger partial charge in [0.05, 0.1) is 11.1 Å². The fourth-order valence-electron chi connectivity index (χ4n) is 0.861. The summed E-state index contributed by atoms with van der Waals surface area (Å²) in [6.45, 7) is 0. The number of H-pyrrole nitrogens is 1. The molecular weight excluding hydrogens is 142 g/mol. The Morgan fingerprint density at radius 2 is 2.60 bits per heavy atom. The van der Waals surface area contributed by atoms with Gasteiger partial charge < -0.3 is 4.98 Å². The zero-order valence-electron chi connectivity index (χ0n) is 5.14. The highest BCUT2D eigenvalue weighted by atomic mass is 32.1. The van der Waals surface area contributed by atoms with Crippen LogP contribution in [-0.2, 0) is 0 Å². The molecule has 2 heteroatoms. The SMILES string of the molecule is C#Cc1cc2c[c][nH]c2s1. The van der Waals surface area contributed by atoms with Gasteiger partial charge in [0.25, 0.3) is 0 Å². The van der Waals surface area contributed by atoms with Crippen molar-refractivity contribution in [2.24, 2.45) is 0 Å². The number of fused-ring (bicyclic) bond motifs is 1. The van der Waals surface area contributed by atoms with Crippen LogP contribution in [0.25, 0.3) is 10.2 Å². The highest BCUT2D eigenvalue weighted by Crippen LogP contribution is 2.22. The maximum Gasteiger partial charge on any atom is 0.101 e. The molecule has 2 rings (SSSR count). The van der Waals surface area contributed by atoms with Gasteiger partial charge in [0.15, 0.2) is 0 Å². The molecule has 1 nitrogen and oxygen atoms in total. The van der Waals surface area contributed by atoms with Gasteiger partial charge in [-0.2, -0.15) is 0 Å². The molecule has 0 saturated carbocycles. The van der Waals surface area contributed by atoms with E-state index in [1.807, 2.05) is 12.1 Å². The predicted octanol–water partition coefficient (Wildman–Crippen LogP) is 2.01. The number of aromatic nitrogens is 1. The molecule has 0 aromatic carbocycles. The van der Waals surface area contributed by atoms with Crippen LogP contribution in [-0.4, -0.2) is 4.98 Å². The van der Waals surface area contributed by atoms with E-state index in [2.05, 4.69) is 17.1 Å². The lowest BCUT2D eigenvalue weighted by molar-refractivity contribution is 1.48. The van der Waals surface area contributed by atoms with Gasteiger partial charge in [-0.1, -0.05) is 5.92 Å². The molecule has 47 valence electrons. The number of nitrogens with one attached hydrogen (secondary N) is 1. The summed E-state index contributed by atoms with van der Waals surface area (Å²) < 4.78 is 0. The quantitative estimate of drug-likeness (QED) is 0.547. The third-order valence-corrected chi connectivity index (χ3v) is 2.31. The first-order valence-corrected chi connectivity index (χ1v) is 3.67. The lowest BCUT2D eigenvalue weighted by atomic mass is 10.4. The van der Waals surface area contributed by atoms with Crippen molar-refractivity contribution in [3.8, 4) is 12.3 Å². The van der Waals surface area contributed by atoms with Crippen LogP contribution in [0.1, 0.15) is 4.88 Å². The Balaban J connectivity index is 2.81. The summed E-state index contributed by atoms with van der Waals surface area (Å²) in [7, 11) is 0. The van der Waals surface area contributed by atoms with E-state index in [9.17, 15) is 0 Å². The van der Waals surface area contributed by atoms with Crippen molar-refractivity contribution < 1.29 is 0 Å². The zero-order valence-corrected chi connectivity index (χ0v) is 5.96. The lowest BCUT2D eigenvalue weighted by Crippen LogP contribution is -1.53. The molecule has 0 atom stereocenters. The van der Waals surface area contributed by atoms with Gasteiger partial charge in [0, 0.05) is 5.39 Å². The minimum atomic E-state index is 0.968. The van der Waals surface area contributed by atoms with Gasteiger partial charge in [-0.3, -0.25) is 0 Å². The van der Waals surface area contributed by atoms with Crippen molar-refractivity contribution in [1.82, 2.24) is 4.98 Å². The molecule has 0 unspecified atom stereocenters. The second-order valence-corrected chi connectivity index (χ2v) is 3.01. The standard InChI is InChI=1S/C8H4NS/c1-2-7-5-6-3-4-9-8(6)10-7/h1,3,5,9H. The largest absolute Gasteiger partial charge is 0.345 e. The van der Waals surface area contributed by atoms with Gasteiger partial charge in [0.2, 0.25) is 0 Å². The molecule has 2 heterocycles. The summed E-state index contributed by atoms with van der Waals surface area (Å²) in [5, 5.41) is 1.15. The van der Waals surface area contributed by atoms with Crippen LogP contribution in [0, 0.1) is 18.5 Å². The van der Waals surface area contributed by atoms with E-state index < -0.39 is 0 Å². The van der Waals surface area contributed by atoms with Crippen LogP contribution in [0.4, 0.5) is 0 Å². The van der Waals surface area contributed by atoms with Crippen LogP contribution >= 0.6 is 11.3 Å². The lowest BCUT2D eigenvalue weighted by Gasteiger charge is -1.71. The number of hydrogen-bond acceptors (Lipinski definition) is 1.